The maximum absolute atomic E-state index is 11.7. The highest BCUT2D eigenvalue weighted by Gasteiger charge is 2.10. The van der Waals surface area contributed by atoms with E-state index in [4.69, 9.17) is 4.42 Å². The van der Waals surface area contributed by atoms with Gasteiger partial charge in [-0.1, -0.05) is 11.8 Å². The number of nitrogens with zero attached hydrogens (tertiary/aromatic N) is 3. The van der Waals surface area contributed by atoms with E-state index in [0.717, 1.165) is 4.47 Å². The zero-order valence-electron chi connectivity index (χ0n) is 9.68. The van der Waals surface area contributed by atoms with Crippen molar-refractivity contribution < 1.29 is 9.21 Å². The molecule has 19 heavy (non-hydrogen) atoms. The fourth-order valence-electron chi connectivity index (χ4n) is 1.14. The Morgan fingerprint density at radius 3 is 2.89 bits per heavy atom. The first-order valence-corrected chi connectivity index (χ1v) is 7.65. The Labute approximate surface area is 130 Å². The molecule has 0 spiro atoms. The molecule has 0 aliphatic rings. The van der Waals surface area contributed by atoms with Crippen LogP contribution in [0.15, 0.2) is 30.8 Å². The standard InChI is InChI=1S/C10H8Br2N4O2S/c1-5-15-16-10(18-5)19-4-8(17)14-9-7(12)2-6(11)3-13-9/h2-3H,4H2,1H3,(H,13,14,17). The molecule has 0 aliphatic carbocycles. The van der Waals surface area contributed by atoms with Crippen LogP contribution in [0.25, 0.3) is 0 Å². The molecule has 1 amide bonds. The van der Waals surface area contributed by atoms with Crippen molar-refractivity contribution >= 4 is 55.3 Å². The maximum atomic E-state index is 11.7. The molecule has 0 saturated carbocycles. The van der Waals surface area contributed by atoms with E-state index in [9.17, 15) is 4.79 Å². The third-order valence-corrected chi connectivity index (χ3v) is 3.76. The molecule has 0 atom stereocenters. The van der Waals surface area contributed by atoms with Crippen LogP contribution in [0, 0.1) is 6.92 Å². The lowest BCUT2D eigenvalue weighted by Gasteiger charge is -2.05. The van der Waals surface area contributed by atoms with E-state index < -0.39 is 0 Å². The SMILES string of the molecule is Cc1nnc(SCC(=O)Nc2ncc(Br)cc2Br)o1. The average Bonchev–Trinajstić information content (AvgIpc) is 2.76. The van der Waals surface area contributed by atoms with Crippen molar-refractivity contribution in [1.82, 2.24) is 15.2 Å². The Balaban J connectivity index is 1.90. The van der Waals surface area contributed by atoms with E-state index in [1.165, 1.54) is 11.8 Å². The van der Waals surface area contributed by atoms with E-state index in [2.05, 4.69) is 52.4 Å². The van der Waals surface area contributed by atoms with Gasteiger partial charge < -0.3 is 9.73 Å². The maximum Gasteiger partial charge on any atom is 0.277 e. The van der Waals surface area contributed by atoms with Gasteiger partial charge in [0.25, 0.3) is 5.22 Å². The molecule has 0 aromatic carbocycles. The Morgan fingerprint density at radius 1 is 1.47 bits per heavy atom. The Hall–Kier alpha value is -0.930. The third kappa shape index (κ3) is 4.29. The molecular weight excluding hydrogens is 400 g/mol. The molecule has 6 nitrogen and oxygen atoms in total. The van der Waals surface area contributed by atoms with E-state index in [1.54, 1.807) is 19.2 Å². The molecule has 1 N–H and O–H groups in total. The Morgan fingerprint density at radius 2 is 2.26 bits per heavy atom. The van der Waals surface area contributed by atoms with Crippen LogP contribution in [0.5, 0.6) is 0 Å². The summed E-state index contributed by atoms with van der Waals surface area (Å²) >= 11 is 7.78. The first kappa shape index (κ1) is 14.5. The summed E-state index contributed by atoms with van der Waals surface area (Å²) < 4.78 is 6.68. The summed E-state index contributed by atoms with van der Waals surface area (Å²) in [6.45, 7) is 1.69. The van der Waals surface area contributed by atoms with Crippen LogP contribution < -0.4 is 5.32 Å². The highest BCUT2D eigenvalue weighted by Crippen LogP contribution is 2.24. The van der Waals surface area contributed by atoms with Crippen LogP contribution in [0.3, 0.4) is 0 Å². The van der Waals surface area contributed by atoms with Gasteiger partial charge >= 0.3 is 0 Å². The molecule has 2 rings (SSSR count). The topological polar surface area (TPSA) is 80.9 Å². The molecule has 100 valence electrons. The number of anilines is 1. The molecule has 0 aliphatic heterocycles. The molecule has 2 aromatic rings. The van der Waals surface area contributed by atoms with Crippen molar-refractivity contribution in [3.05, 3.63) is 27.1 Å². The van der Waals surface area contributed by atoms with Crippen molar-refractivity contribution in [3.8, 4) is 0 Å². The number of carbonyl (C=O) groups excluding carboxylic acids is 1. The number of aryl methyl sites for hydroxylation is 1. The average molecular weight is 408 g/mol. The van der Waals surface area contributed by atoms with Gasteiger partial charge in [0.1, 0.15) is 5.82 Å². The molecule has 0 bridgehead atoms. The highest BCUT2D eigenvalue weighted by molar-refractivity contribution is 9.11. The number of thioether (sulfide) groups is 1. The first-order valence-electron chi connectivity index (χ1n) is 5.08. The van der Waals surface area contributed by atoms with Crippen molar-refractivity contribution in [1.29, 1.82) is 0 Å². The van der Waals surface area contributed by atoms with Crippen LogP contribution in [0.2, 0.25) is 0 Å². The minimum Gasteiger partial charge on any atom is -0.416 e. The van der Waals surface area contributed by atoms with Gasteiger partial charge in [-0.2, -0.15) is 0 Å². The zero-order valence-corrected chi connectivity index (χ0v) is 13.7. The molecular formula is C10H8Br2N4O2S. The normalized spacial score (nSPS) is 10.5. The monoisotopic (exact) mass is 406 g/mol. The molecule has 0 saturated heterocycles. The zero-order chi connectivity index (χ0) is 13.8. The lowest BCUT2D eigenvalue weighted by Crippen LogP contribution is -2.15. The summed E-state index contributed by atoms with van der Waals surface area (Å²) in [5, 5.41) is 10.5. The predicted molar refractivity (Wildman–Crippen MR) is 78.0 cm³/mol. The second kappa shape index (κ2) is 6.49. The molecule has 0 fully saturated rings. The van der Waals surface area contributed by atoms with Gasteiger partial charge in [0, 0.05) is 17.6 Å². The van der Waals surface area contributed by atoms with E-state index >= 15 is 0 Å². The molecule has 9 heteroatoms. The van der Waals surface area contributed by atoms with Crippen LogP contribution in [0.4, 0.5) is 5.82 Å². The van der Waals surface area contributed by atoms with Gasteiger partial charge in [-0.05, 0) is 37.9 Å². The molecule has 0 radical (unpaired) electrons. The number of pyridine rings is 1. The second-order valence-electron chi connectivity index (χ2n) is 3.41. The smallest absolute Gasteiger partial charge is 0.277 e. The molecule has 2 aromatic heterocycles. The molecule has 2 heterocycles. The number of amides is 1. The number of hydrogen-bond acceptors (Lipinski definition) is 6. The van der Waals surface area contributed by atoms with E-state index in [1.807, 2.05) is 0 Å². The highest BCUT2D eigenvalue weighted by atomic mass is 79.9. The molecule has 0 unspecified atom stereocenters. The van der Waals surface area contributed by atoms with Crippen LogP contribution in [-0.2, 0) is 4.79 Å². The van der Waals surface area contributed by atoms with Gasteiger partial charge in [-0.25, -0.2) is 4.98 Å². The lowest BCUT2D eigenvalue weighted by atomic mass is 10.4. The second-order valence-corrected chi connectivity index (χ2v) is 6.10. The number of aromatic nitrogens is 3. The summed E-state index contributed by atoms with van der Waals surface area (Å²) in [5.41, 5.74) is 0. The van der Waals surface area contributed by atoms with Gasteiger partial charge in [0.05, 0.1) is 10.2 Å². The Bertz CT molecular complexity index is 605. The lowest BCUT2D eigenvalue weighted by molar-refractivity contribution is -0.113. The van der Waals surface area contributed by atoms with Crippen LogP contribution in [-0.4, -0.2) is 26.8 Å². The van der Waals surface area contributed by atoms with E-state index in [-0.39, 0.29) is 11.7 Å². The van der Waals surface area contributed by atoms with Gasteiger partial charge in [-0.3, -0.25) is 4.79 Å². The summed E-state index contributed by atoms with van der Waals surface area (Å²) in [5.74, 6) is 0.915. The summed E-state index contributed by atoms with van der Waals surface area (Å²) in [7, 11) is 0. The quantitative estimate of drug-likeness (QED) is 0.784. The van der Waals surface area contributed by atoms with Crippen molar-refractivity contribution in [2.45, 2.75) is 12.1 Å². The van der Waals surface area contributed by atoms with E-state index in [0.29, 0.717) is 21.4 Å². The number of nitrogens with one attached hydrogen (secondary N) is 1. The number of halogens is 2. The summed E-state index contributed by atoms with van der Waals surface area (Å²) in [6, 6.07) is 1.80. The first-order chi connectivity index (χ1) is 9.04. The van der Waals surface area contributed by atoms with Gasteiger partial charge in [0.2, 0.25) is 11.8 Å². The van der Waals surface area contributed by atoms with Crippen molar-refractivity contribution in [2.75, 3.05) is 11.1 Å². The Kier molecular flexibility index (Phi) is 4.94. The minimum atomic E-state index is -0.198. The number of hydrogen-bond donors (Lipinski definition) is 1. The predicted octanol–water partition coefficient (Wildman–Crippen LogP) is 3.03. The fraction of sp³-hybridized carbons (Fsp3) is 0.200. The fourth-order valence-corrected chi connectivity index (χ4v) is 2.83. The van der Waals surface area contributed by atoms with Crippen LogP contribution >= 0.6 is 43.6 Å². The van der Waals surface area contributed by atoms with Crippen molar-refractivity contribution in [2.24, 2.45) is 0 Å². The summed E-state index contributed by atoms with van der Waals surface area (Å²) in [4.78, 5) is 15.8. The number of carbonyl (C=O) groups is 1. The minimum absolute atomic E-state index is 0.172. The van der Waals surface area contributed by atoms with Gasteiger partial charge in [-0.15, -0.1) is 10.2 Å². The summed E-state index contributed by atoms with van der Waals surface area (Å²) in [6.07, 6.45) is 1.61. The largest absolute Gasteiger partial charge is 0.416 e. The third-order valence-electron chi connectivity index (χ3n) is 1.90. The van der Waals surface area contributed by atoms with Crippen LogP contribution in [0.1, 0.15) is 5.89 Å². The number of rotatable bonds is 4. The van der Waals surface area contributed by atoms with Crippen molar-refractivity contribution in [3.63, 3.8) is 0 Å². The van der Waals surface area contributed by atoms with Gasteiger partial charge in [0.15, 0.2) is 0 Å².